The van der Waals surface area contributed by atoms with Crippen molar-refractivity contribution >= 4 is 23.5 Å². The van der Waals surface area contributed by atoms with Crippen LogP contribution in [0.25, 0.3) is 0 Å². The van der Waals surface area contributed by atoms with E-state index in [2.05, 4.69) is 15.0 Å². The fraction of sp³-hybridized carbons (Fsp3) is 0.278. The van der Waals surface area contributed by atoms with Gasteiger partial charge in [-0.3, -0.25) is 4.79 Å². The van der Waals surface area contributed by atoms with Crippen molar-refractivity contribution in [2.75, 3.05) is 19.0 Å². The number of methoxy groups -OCH3 is 1. The van der Waals surface area contributed by atoms with Crippen LogP contribution >= 0.6 is 0 Å². The lowest BCUT2D eigenvalue weighted by atomic mass is 10.1. The maximum absolute atomic E-state index is 12.5. The van der Waals surface area contributed by atoms with Gasteiger partial charge in [-0.25, -0.2) is 9.59 Å². The summed E-state index contributed by atoms with van der Waals surface area (Å²) < 4.78 is 47.1. The number of rotatable bonds is 5. The molecule has 0 saturated carbocycles. The number of H-pyrrole nitrogens is 1. The van der Waals surface area contributed by atoms with E-state index >= 15 is 0 Å². The zero-order valence-electron chi connectivity index (χ0n) is 15.2. The number of aryl methyl sites for hydroxylation is 1. The molecular weight excluding hydrogens is 381 g/mol. The van der Waals surface area contributed by atoms with Gasteiger partial charge in [0.1, 0.15) is 5.69 Å². The minimum absolute atomic E-state index is 0.000213. The lowest BCUT2D eigenvalue weighted by molar-refractivity contribution is -0.137. The van der Waals surface area contributed by atoms with E-state index in [1.165, 1.54) is 14.0 Å². The predicted molar refractivity (Wildman–Crippen MR) is 92.0 cm³/mol. The molecule has 150 valence electrons. The van der Waals surface area contributed by atoms with Crippen molar-refractivity contribution in [2.45, 2.75) is 20.0 Å². The zero-order valence-corrected chi connectivity index (χ0v) is 15.2. The van der Waals surface area contributed by atoms with Crippen molar-refractivity contribution in [1.29, 1.82) is 0 Å². The van der Waals surface area contributed by atoms with Crippen molar-refractivity contribution in [2.24, 2.45) is 0 Å². The summed E-state index contributed by atoms with van der Waals surface area (Å²) in [7, 11) is 1.21. The summed E-state index contributed by atoms with van der Waals surface area (Å²) >= 11 is 0. The van der Waals surface area contributed by atoms with Gasteiger partial charge in [0.05, 0.1) is 18.2 Å². The molecule has 0 aliphatic carbocycles. The number of ether oxygens (including phenoxy) is 2. The van der Waals surface area contributed by atoms with Crippen LogP contribution < -0.4 is 5.32 Å². The molecule has 0 atom stereocenters. The Morgan fingerprint density at radius 3 is 2.21 bits per heavy atom. The second-order valence-corrected chi connectivity index (χ2v) is 5.82. The number of carbonyl (C=O) groups excluding carboxylic acids is 3. The van der Waals surface area contributed by atoms with Gasteiger partial charge in [0, 0.05) is 11.4 Å². The number of aromatic nitrogens is 1. The minimum Gasteiger partial charge on any atom is -0.465 e. The molecule has 0 aliphatic heterocycles. The summed E-state index contributed by atoms with van der Waals surface area (Å²) in [6.45, 7) is 2.44. The Hall–Kier alpha value is -3.30. The average Bonchev–Trinajstić information content (AvgIpc) is 2.93. The third-order valence-electron chi connectivity index (χ3n) is 3.86. The molecule has 0 bridgehead atoms. The van der Waals surface area contributed by atoms with E-state index < -0.39 is 36.2 Å². The first kappa shape index (κ1) is 21.0. The third-order valence-corrected chi connectivity index (χ3v) is 3.86. The molecule has 0 fully saturated rings. The summed E-state index contributed by atoms with van der Waals surface area (Å²) in [6, 6.07) is 3.81. The van der Waals surface area contributed by atoms with Gasteiger partial charge in [-0.1, -0.05) is 0 Å². The van der Waals surface area contributed by atoms with Crippen LogP contribution in [0.15, 0.2) is 24.3 Å². The molecule has 0 unspecified atom stereocenters. The lowest BCUT2D eigenvalue weighted by Crippen LogP contribution is -2.21. The largest absolute Gasteiger partial charge is 0.465 e. The van der Waals surface area contributed by atoms with Crippen LogP contribution in [0, 0.1) is 13.8 Å². The molecule has 7 nitrogen and oxygen atoms in total. The molecule has 0 saturated heterocycles. The zero-order chi connectivity index (χ0) is 21.1. The predicted octanol–water partition coefficient (Wildman–Crippen LogP) is 3.23. The molecule has 1 aromatic carbocycles. The van der Waals surface area contributed by atoms with E-state index in [9.17, 15) is 27.6 Å². The number of amides is 1. The van der Waals surface area contributed by atoms with Crippen molar-refractivity contribution in [3.05, 3.63) is 52.3 Å². The molecule has 0 radical (unpaired) electrons. The topological polar surface area (TPSA) is 97.5 Å². The minimum atomic E-state index is -4.48. The molecule has 2 rings (SSSR count). The standard InChI is InChI=1S/C18H17F3N2O5/c1-9-14(16(25)27-3)10(2)22-15(9)17(26)28-8-13(24)23-12-6-4-11(5-7-12)18(19,20)21/h4-7,22H,8H2,1-3H3,(H,23,24). The van der Waals surface area contributed by atoms with E-state index in [1.54, 1.807) is 6.92 Å². The SMILES string of the molecule is COC(=O)c1c(C)[nH]c(C(=O)OCC(=O)Nc2ccc(C(F)(F)F)cc2)c1C. The van der Waals surface area contributed by atoms with Crippen LogP contribution in [-0.2, 0) is 20.4 Å². The third kappa shape index (κ3) is 4.70. The van der Waals surface area contributed by atoms with Gasteiger partial charge < -0.3 is 19.8 Å². The van der Waals surface area contributed by atoms with Crippen molar-refractivity contribution < 1.29 is 37.0 Å². The number of hydrogen-bond donors (Lipinski definition) is 2. The van der Waals surface area contributed by atoms with Crippen LogP contribution in [-0.4, -0.2) is 36.5 Å². The molecule has 2 N–H and O–H groups in total. The van der Waals surface area contributed by atoms with Crippen LogP contribution in [0.4, 0.5) is 18.9 Å². The van der Waals surface area contributed by atoms with E-state index in [0.29, 0.717) is 11.3 Å². The smallest absolute Gasteiger partial charge is 0.416 e. The van der Waals surface area contributed by atoms with E-state index in [1.807, 2.05) is 0 Å². The van der Waals surface area contributed by atoms with Gasteiger partial charge in [-0.05, 0) is 43.7 Å². The van der Waals surface area contributed by atoms with Gasteiger partial charge in [0.15, 0.2) is 6.61 Å². The van der Waals surface area contributed by atoms with Crippen LogP contribution in [0.5, 0.6) is 0 Å². The quantitative estimate of drug-likeness (QED) is 0.754. The summed E-state index contributed by atoms with van der Waals surface area (Å²) in [5.41, 5.74) is 0.191. The van der Waals surface area contributed by atoms with Gasteiger partial charge >= 0.3 is 18.1 Å². The Balaban J connectivity index is 1.98. The fourth-order valence-corrected chi connectivity index (χ4v) is 2.51. The molecule has 2 aromatic rings. The summed E-state index contributed by atoms with van der Waals surface area (Å²) in [5, 5.41) is 2.32. The normalized spacial score (nSPS) is 11.1. The Kier molecular flexibility index (Phi) is 6.12. The van der Waals surface area contributed by atoms with E-state index in [4.69, 9.17) is 4.74 Å². The number of benzene rings is 1. The number of esters is 2. The van der Waals surface area contributed by atoms with Crippen molar-refractivity contribution in [3.63, 3.8) is 0 Å². The first-order valence-corrected chi connectivity index (χ1v) is 7.96. The molecular formula is C18H17F3N2O5. The molecule has 0 spiro atoms. The summed E-state index contributed by atoms with van der Waals surface area (Å²) in [6.07, 6.45) is -4.48. The van der Waals surface area contributed by atoms with Gasteiger partial charge in [0.25, 0.3) is 5.91 Å². The number of halogens is 3. The number of aromatic amines is 1. The van der Waals surface area contributed by atoms with Crippen molar-refractivity contribution in [1.82, 2.24) is 4.98 Å². The number of carbonyl (C=O) groups is 3. The molecule has 1 amide bonds. The van der Waals surface area contributed by atoms with Crippen LogP contribution in [0.3, 0.4) is 0 Å². The highest BCUT2D eigenvalue weighted by Crippen LogP contribution is 2.29. The number of alkyl halides is 3. The molecule has 28 heavy (non-hydrogen) atoms. The monoisotopic (exact) mass is 398 g/mol. The first-order valence-electron chi connectivity index (χ1n) is 7.96. The summed E-state index contributed by atoms with van der Waals surface area (Å²) in [4.78, 5) is 38.4. The summed E-state index contributed by atoms with van der Waals surface area (Å²) in [5.74, 6) is -2.22. The highest BCUT2D eigenvalue weighted by molar-refractivity contribution is 5.99. The van der Waals surface area contributed by atoms with E-state index in [-0.39, 0.29) is 16.9 Å². The highest BCUT2D eigenvalue weighted by Gasteiger charge is 2.30. The number of hydrogen-bond acceptors (Lipinski definition) is 5. The fourth-order valence-electron chi connectivity index (χ4n) is 2.51. The Bertz CT molecular complexity index is 901. The highest BCUT2D eigenvalue weighted by atomic mass is 19.4. The van der Waals surface area contributed by atoms with Gasteiger partial charge in [0.2, 0.25) is 0 Å². The Morgan fingerprint density at radius 1 is 1.07 bits per heavy atom. The Morgan fingerprint density at radius 2 is 1.68 bits per heavy atom. The number of nitrogens with one attached hydrogen (secondary N) is 2. The molecule has 10 heteroatoms. The van der Waals surface area contributed by atoms with Gasteiger partial charge in [-0.2, -0.15) is 13.2 Å². The molecule has 1 aromatic heterocycles. The van der Waals surface area contributed by atoms with Crippen molar-refractivity contribution in [3.8, 4) is 0 Å². The van der Waals surface area contributed by atoms with E-state index in [0.717, 1.165) is 24.3 Å². The second-order valence-electron chi connectivity index (χ2n) is 5.82. The molecule has 0 aliphatic rings. The molecule has 1 heterocycles. The second kappa shape index (κ2) is 8.15. The maximum atomic E-state index is 12.5. The average molecular weight is 398 g/mol. The Labute approximate surface area is 157 Å². The lowest BCUT2D eigenvalue weighted by Gasteiger charge is -2.09. The number of anilines is 1. The van der Waals surface area contributed by atoms with Crippen LogP contribution in [0.1, 0.15) is 37.7 Å². The maximum Gasteiger partial charge on any atom is 0.416 e. The van der Waals surface area contributed by atoms with Crippen LogP contribution in [0.2, 0.25) is 0 Å². The first-order chi connectivity index (χ1) is 13.0. The van der Waals surface area contributed by atoms with Gasteiger partial charge in [-0.15, -0.1) is 0 Å².